The number of aromatic nitrogens is 2. The number of hydrogen-bond acceptors (Lipinski definition) is 7. The molecule has 0 fully saturated rings. The Morgan fingerprint density at radius 2 is 1.97 bits per heavy atom. The van der Waals surface area contributed by atoms with Gasteiger partial charge in [0, 0.05) is 17.0 Å². The highest BCUT2D eigenvalue weighted by Gasteiger charge is 2.23. The van der Waals surface area contributed by atoms with Gasteiger partial charge in [-0.2, -0.15) is 5.10 Å². The molecule has 2 aromatic heterocycles. The minimum Gasteiger partial charge on any atom is -0.459 e. The lowest BCUT2D eigenvalue weighted by atomic mass is 9.95. The van der Waals surface area contributed by atoms with E-state index in [1.165, 1.54) is 24.6 Å². The lowest BCUT2D eigenvalue weighted by Crippen LogP contribution is -2.16. The molecule has 0 bridgehead atoms. The van der Waals surface area contributed by atoms with Crippen LogP contribution in [0.4, 0.5) is 5.69 Å². The highest BCUT2D eigenvalue weighted by Crippen LogP contribution is 2.27. The molecule has 0 saturated heterocycles. The molecule has 158 valence electrons. The molecule has 3 rings (SSSR count). The lowest BCUT2D eigenvalue weighted by molar-refractivity contribution is -0.386. The average molecular weight is 413 g/mol. The van der Waals surface area contributed by atoms with Gasteiger partial charge in [0.25, 0.3) is 0 Å². The number of fused-ring (bicyclic) bond motifs is 1. The third-order valence-corrected chi connectivity index (χ3v) is 5.03. The predicted molar refractivity (Wildman–Crippen MR) is 109 cm³/mol. The van der Waals surface area contributed by atoms with E-state index in [-0.39, 0.29) is 36.1 Å². The van der Waals surface area contributed by atoms with Crippen molar-refractivity contribution in [3.63, 3.8) is 0 Å². The molecule has 0 aliphatic heterocycles. The van der Waals surface area contributed by atoms with Gasteiger partial charge in [-0.3, -0.25) is 19.6 Å². The molecular weight excluding hydrogens is 390 g/mol. The van der Waals surface area contributed by atoms with Crippen LogP contribution in [0.1, 0.15) is 47.8 Å². The molecule has 0 saturated carbocycles. The van der Waals surface area contributed by atoms with Crippen molar-refractivity contribution >= 4 is 22.6 Å². The largest absolute Gasteiger partial charge is 0.459 e. The van der Waals surface area contributed by atoms with Crippen LogP contribution in [-0.4, -0.2) is 20.7 Å². The quantitative estimate of drug-likeness (QED) is 0.262. The number of rotatable bonds is 6. The van der Waals surface area contributed by atoms with E-state index in [2.05, 4.69) is 18.9 Å². The summed E-state index contributed by atoms with van der Waals surface area (Å²) in [6, 6.07) is 5.07. The Balaban J connectivity index is 1.84. The summed E-state index contributed by atoms with van der Waals surface area (Å²) < 4.78 is 11.9. The first-order valence-electron chi connectivity index (χ1n) is 9.49. The molecule has 0 aliphatic carbocycles. The number of carbonyl (C=O) groups excluding carboxylic acids is 1. The van der Waals surface area contributed by atoms with E-state index in [9.17, 15) is 19.7 Å². The Labute approximate surface area is 172 Å². The first-order valence-corrected chi connectivity index (χ1v) is 9.49. The summed E-state index contributed by atoms with van der Waals surface area (Å²) in [5.74, 6) is -0.341. The van der Waals surface area contributed by atoms with Gasteiger partial charge < -0.3 is 9.15 Å². The van der Waals surface area contributed by atoms with Crippen LogP contribution in [0.2, 0.25) is 0 Å². The highest BCUT2D eigenvalue weighted by atomic mass is 16.6. The third-order valence-electron chi connectivity index (χ3n) is 5.03. The minimum atomic E-state index is -0.618. The molecule has 9 heteroatoms. The zero-order valence-electron chi connectivity index (χ0n) is 17.5. The Morgan fingerprint density at radius 3 is 2.57 bits per heavy atom. The first kappa shape index (κ1) is 21.2. The number of nitro groups is 1. The molecule has 9 nitrogen and oxygen atoms in total. The van der Waals surface area contributed by atoms with Gasteiger partial charge in [-0.15, -0.1) is 0 Å². The molecular formula is C21H23N3O6. The molecule has 2 heterocycles. The van der Waals surface area contributed by atoms with Gasteiger partial charge >= 0.3 is 17.3 Å². The van der Waals surface area contributed by atoms with Crippen LogP contribution in [0.3, 0.4) is 0 Å². The van der Waals surface area contributed by atoms with Crippen molar-refractivity contribution in [3.05, 3.63) is 66.8 Å². The minimum absolute atomic E-state index is 0.119. The Kier molecular flexibility index (Phi) is 5.73. The summed E-state index contributed by atoms with van der Waals surface area (Å²) in [5, 5.41) is 15.9. The van der Waals surface area contributed by atoms with Crippen molar-refractivity contribution in [1.82, 2.24) is 9.78 Å². The van der Waals surface area contributed by atoms with Crippen LogP contribution in [0.5, 0.6) is 0 Å². The van der Waals surface area contributed by atoms with Gasteiger partial charge in [-0.05, 0) is 49.9 Å². The van der Waals surface area contributed by atoms with E-state index in [0.717, 1.165) is 11.1 Å². The van der Waals surface area contributed by atoms with Gasteiger partial charge in [-0.25, -0.2) is 4.79 Å². The van der Waals surface area contributed by atoms with E-state index >= 15 is 0 Å². The van der Waals surface area contributed by atoms with Crippen molar-refractivity contribution < 1.29 is 18.9 Å². The molecule has 1 aromatic carbocycles. The molecule has 0 aliphatic rings. The summed E-state index contributed by atoms with van der Waals surface area (Å²) in [7, 11) is 0. The van der Waals surface area contributed by atoms with Crippen molar-refractivity contribution in [2.45, 2.75) is 53.7 Å². The Bertz CT molecular complexity index is 1210. The van der Waals surface area contributed by atoms with E-state index in [1.807, 2.05) is 19.1 Å². The summed E-state index contributed by atoms with van der Waals surface area (Å²) in [5.41, 5.74) is 2.96. The zero-order chi connectivity index (χ0) is 22.2. The van der Waals surface area contributed by atoms with E-state index in [0.29, 0.717) is 16.5 Å². The molecule has 0 amide bonds. The van der Waals surface area contributed by atoms with Crippen LogP contribution in [0.15, 0.2) is 27.4 Å². The molecule has 30 heavy (non-hydrogen) atoms. The predicted octanol–water partition coefficient (Wildman–Crippen LogP) is 3.69. The van der Waals surface area contributed by atoms with Gasteiger partial charge in [-0.1, -0.05) is 13.8 Å². The van der Waals surface area contributed by atoms with E-state index in [1.54, 1.807) is 0 Å². The monoisotopic (exact) mass is 413 g/mol. The summed E-state index contributed by atoms with van der Waals surface area (Å²) >= 11 is 0. The van der Waals surface area contributed by atoms with Gasteiger partial charge in [0.2, 0.25) is 0 Å². The average Bonchev–Trinajstić information content (AvgIpc) is 2.91. The van der Waals surface area contributed by atoms with Gasteiger partial charge in [0.1, 0.15) is 30.1 Å². The van der Waals surface area contributed by atoms with Crippen molar-refractivity contribution in [2.24, 2.45) is 0 Å². The lowest BCUT2D eigenvalue weighted by Gasteiger charge is -2.13. The van der Waals surface area contributed by atoms with Crippen LogP contribution < -0.4 is 5.63 Å². The van der Waals surface area contributed by atoms with Crippen LogP contribution in [0.25, 0.3) is 11.0 Å². The van der Waals surface area contributed by atoms with Crippen LogP contribution >= 0.6 is 0 Å². The molecule has 3 aromatic rings. The first-order chi connectivity index (χ1) is 14.1. The normalized spacial score (nSPS) is 11.3. The van der Waals surface area contributed by atoms with E-state index in [4.69, 9.17) is 9.15 Å². The summed E-state index contributed by atoms with van der Waals surface area (Å²) in [6.07, 6.45) is 0. The smallest absolute Gasteiger partial charge is 0.336 e. The molecule has 0 N–H and O–H groups in total. The van der Waals surface area contributed by atoms with Crippen molar-refractivity contribution in [2.75, 3.05) is 0 Å². The van der Waals surface area contributed by atoms with Crippen LogP contribution in [-0.2, 0) is 22.7 Å². The fraction of sp³-hybridized carbons (Fsp3) is 0.381. The summed E-state index contributed by atoms with van der Waals surface area (Å²) in [4.78, 5) is 34.8. The number of hydrogen-bond donors (Lipinski definition) is 0. The zero-order valence-corrected chi connectivity index (χ0v) is 17.5. The summed E-state index contributed by atoms with van der Waals surface area (Å²) in [6.45, 7) is 8.74. The topological polar surface area (TPSA) is 117 Å². The Morgan fingerprint density at radius 1 is 1.27 bits per heavy atom. The highest BCUT2D eigenvalue weighted by molar-refractivity contribution is 5.82. The van der Waals surface area contributed by atoms with Gasteiger partial charge in [0.05, 0.1) is 4.92 Å². The van der Waals surface area contributed by atoms with Crippen LogP contribution in [0, 0.1) is 30.9 Å². The van der Waals surface area contributed by atoms with Gasteiger partial charge in [0.15, 0.2) is 0 Å². The molecule has 0 atom stereocenters. The maximum atomic E-state index is 12.3. The molecule has 0 unspecified atom stereocenters. The third kappa shape index (κ3) is 4.10. The number of benzene rings is 1. The fourth-order valence-corrected chi connectivity index (χ4v) is 3.56. The second kappa shape index (κ2) is 8.10. The second-order valence-corrected chi connectivity index (χ2v) is 7.55. The molecule has 0 spiro atoms. The van der Waals surface area contributed by atoms with E-state index < -0.39 is 16.5 Å². The Hall–Kier alpha value is -3.49. The number of nitrogens with zero attached hydrogens (tertiary/aromatic N) is 3. The SMILES string of the molecule is Cc1cc2oc(=O)cc(COC(=O)Cn3nc(C)c([N+](=O)[O-])c3C)c2cc1C(C)C. The van der Waals surface area contributed by atoms with Crippen molar-refractivity contribution in [1.29, 1.82) is 0 Å². The second-order valence-electron chi connectivity index (χ2n) is 7.55. The number of esters is 1. The maximum Gasteiger partial charge on any atom is 0.336 e. The fourth-order valence-electron chi connectivity index (χ4n) is 3.56. The molecule has 0 radical (unpaired) electrons. The number of ether oxygens (including phenoxy) is 1. The number of carbonyl (C=O) groups is 1. The standard InChI is InChI=1S/C21H23N3O6/c1-11(2)16-8-17-15(7-19(25)30-18(17)6-12(16)3)10-29-20(26)9-23-14(5)21(24(27)28)13(4)22-23/h6-8,11H,9-10H2,1-5H3. The van der Waals surface area contributed by atoms with Crippen molar-refractivity contribution in [3.8, 4) is 0 Å². The maximum absolute atomic E-state index is 12.3. The number of aryl methyl sites for hydroxylation is 2.